The zero-order valence-electron chi connectivity index (χ0n) is 18.1. The summed E-state index contributed by atoms with van der Waals surface area (Å²) < 4.78 is 38.7. The monoisotopic (exact) mass is 438 g/mol. The molecule has 174 valence electrons. The summed E-state index contributed by atoms with van der Waals surface area (Å²) >= 11 is 0. The fraction of sp³-hybridized carbons (Fsp3) is 0.609. The number of hydrogen-bond acceptors (Lipinski definition) is 8. The Morgan fingerprint density at radius 1 is 0.742 bits per heavy atom. The molecule has 0 bridgehead atoms. The van der Waals surface area contributed by atoms with Crippen LogP contribution in [0.25, 0.3) is 0 Å². The highest BCUT2D eigenvalue weighted by atomic mass is 16.6. The van der Waals surface area contributed by atoms with Gasteiger partial charge in [0.25, 0.3) is 0 Å². The van der Waals surface area contributed by atoms with Crippen molar-refractivity contribution in [3.05, 3.63) is 48.0 Å². The van der Waals surface area contributed by atoms with E-state index in [1.807, 2.05) is 24.3 Å². The molecule has 0 aromatic heterocycles. The molecule has 0 aliphatic carbocycles. The number of hydrogen-bond donors (Lipinski definition) is 0. The topological polar surface area (TPSA) is 81.7 Å². The summed E-state index contributed by atoms with van der Waals surface area (Å²) in [6, 6.07) is 7.70. The van der Waals surface area contributed by atoms with Gasteiger partial charge in [0.05, 0.1) is 72.7 Å². The van der Waals surface area contributed by atoms with Gasteiger partial charge in [0.1, 0.15) is 6.61 Å². The van der Waals surface area contributed by atoms with Crippen molar-refractivity contribution in [3.8, 4) is 0 Å². The lowest BCUT2D eigenvalue weighted by atomic mass is 10.1. The van der Waals surface area contributed by atoms with Crippen LogP contribution in [0.15, 0.2) is 36.9 Å². The minimum Gasteiger partial charge on any atom is -0.459 e. The lowest BCUT2D eigenvalue weighted by molar-refractivity contribution is -0.159. The van der Waals surface area contributed by atoms with Crippen LogP contribution in [0.3, 0.4) is 0 Å². The molecule has 0 saturated heterocycles. The van der Waals surface area contributed by atoms with Gasteiger partial charge in [0.2, 0.25) is 0 Å². The molecule has 2 rings (SSSR count). The Labute approximate surface area is 184 Å². The Morgan fingerprint density at radius 3 is 1.77 bits per heavy atom. The Morgan fingerprint density at radius 2 is 1.23 bits per heavy atom. The quantitative estimate of drug-likeness (QED) is 0.514. The van der Waals surface area contributed by atoms with E-state index in [1.165, 1.54) is 0 Å². The lowest BCUT2D eigenvalue weighted by Gasteiger charge is -2.16. The van der Waals surface area contributed by atoms with Crippen LogP contribution in [0.4, 0.5) is 0 Å². The van der Waals surface area contributed by atoms with E-state index in [-0.39, 0.29) is 13.2 Å². The first-order valence-electron chi connectivity index (χ1n) is 10.7. The second kappa shape index (κ2) is 16.8. The molecule has 1 atom stereocenters. The number of carbonyl (C=O) groups excluding carboxylic acids is 1. The van der Waals surface area contributed by atoms with E-state index >= 15 is 0 Å². The van der Waals surface area contributed by atoms with Gasteiger partial charge in [-0.1, -0.05) is 30.3 Å². The molecule has 0 amide bonds. The SMILES string of the molecule is C=CCC1OCCOCCOCCOCCOCCOCc2ccccc2COC1=O. The highest BCUT2D eigenvalue weighted by Crippen LogP contribution is 2.13. The van der Waals surface area contributed by atoms with Gasteiger partial charge >= 0.3 is 5.97 Å². The zero-order chi connectivity index (χ0) is 22.0. The van der Waals surface area contributed by atoms with Crippen molar-refractivity contribution in [1.82, 2.24) is 0 Å². The first-order valence-corrected chi connectivity index (χ1v) is 10.7. The van der Waals surface area contributed by atoms with Crippen LogP contribution in [0.1, 0.15) is 17.5 Å². The van der Waals surface area contributed by atoms with Crippen molar-refractivity contribution in [1.29, 1.82) is 0 Å². The van der Waals surface area contributed by atoms with Crippen LogP contribution in [0.2, 0.25) is 0 Å². The van der Waals surface area contributed by atoms with Crippen LogP contribution in [-0.2, 0) is 51.2 Å². The summed E-state index contributed by atoms with van der Waals surface area (Å²) in [6.45, 7) is 8.76. The molecule has 31 heavy (non-hydrogen) atoms. The third-order valence-electron chi connectivity index (χ3n) is 4.42. The largest absolute Gasteiger partial charge is 0.459 e. The van der Waals surface area contributed by atoms with Gasteiger partial charge in [0, 0.05) is 6.42 Å². The van der Waals surface area contributed by atoms with Crippen molar-refractivity contribution in [2.45, 2.75) is 25.7 Å². The summed E-state index contributed by atoms with van der Waals surface area (Å²) in [7, 11) is 0. The molecule has 1 aromatic carbocycles. The molecule has 1 aromatic rings. The first kappa shape index (κ1) is 25.5. The molecule has 0 saturated carbocycles. The average molecular weight is 439 g/mol. The van der Waals surface area contributed by atoms with Crippen LogP contribution in [0, 0.1) is 0 Å². The molecule has 8 heteroatoms. The van der Waals surface area contributed by atoms with Crippen molar-refractivity contribution in [2.75, 3.05) is 66.1 Å². The number of esters is 1. The van der Waals surface area contributed by atoms with E-state index in [2.05, 4.69) is 6.58 Å². The van der Waals surface area contributed by atoms with Crippen LogP contribution in [-0.4, -0.2) is 78.1 Å². The molecular formula is C23H34O8. The van der Waals surface area contributed by atoms with Gasteiger partial charge in [-0.3, -0.25) is 0 Å². The maximum absolute atomic E-state index is 12.5. The summed E-state index contributed by atoms with van der Waals surface area (Å²) in [5.74, 6) is -0.425. The summed E-state index contributed by atoms with van der Waals surface area (Å²) in [6.07, 6.45) is 1.29. The minimum absolute atomic E-state index is 0.150. The lowest BCUT2D eigenvalue weighted by Crippen LogP contribution is -2.28. The Kier molecular flexibility index (Phi) is 13.8. The third kappa shape index (κ3) is 11.4. The average Bonchev–Trinajstić information content (AvgIpc) is 2.78. The van der Waals surface area contributed by atoms with Gasteiger partial charge in [-0.25, -0.2) is 4.79 Å². The predicted octanol–water partition coefficient (Wildman–Crippen LogP) is 2.29. The first-order chi connectivity index (χ1) is 15.3. The van der Waals surface area contributed by atoms with E-state index in [1.54, 1.807) is 6.08 Å². The Balaban J connectivity index is 1.88. The molecule has 0 fully saturated rings. The van der Waals surface area contributed by atoms with E-state index in [4.69, 9.17) is 33.2 Å². The predicted molar refractivity (Wildman–Crippen MR) is 114 cm³/mol. The van der Waals surface area contributed by atoms with E-state index in [9.17, 15) is 4.79 Å². The number of cyclic esters (lactones) is 1. The number of rotatable bonds is 2. The van der Waals surface area contributed by atoms with Crippen molar-refractivity contribution in [3.63, 3.8) is 0 Å². The van der Waals surface area contributed by atoms with Crippen LogP contribution >= 0.6 is 0 Å². The maximum Gasteiger partial charge on any atom is 0.335 e. The normalized spacial score (nSPS) is 22.1. The number of carbonyl (C=O) groups is 1. The molecular weight excluding hydrogens is 404 g/mol. The smallest absolute Gasteiger partial charge is 0.335 e. The number of benzene rings is 1. The summed E-state index contributed by atoms with van der Waals surface area (Å²) in [5.41, 5.74) is 1.86. The van der Waals surface area contributed by atoms with E-state index < -0.39 is 12.1 Å². The Bertz CT molecular complexity index is 621. The van der Waals surface area contributed by atoms with Crippen molar-refractivity contribution < 1.29 is 38.0 Å². The molecule has 0 N–H and O–H groups in total. The van der Waals surface area contributed by atoms with Gasteiger partial charge in [-0.2, -0.15) is 0 Å². The third-order valence-corrected chi connectivity index (χ3v) is 4.42. The second-order valence-corrected chi connectivity index (χ2v) is 6.76. The number of fused-ring (bicyclic) bond motifs is 1. The van der Waals surface area contributed by atoms with Crippen LogP contribution < -0.4 is 0 Å². The molecule has 8 nitrogen and oxygen atoms in total. The van der Waals surface area contributed by atoms with E-state index in [0.717, 1.165) is 11.1 Å². The maximum atomic E-state index is 12.5. The van der Waals surface area contributed by atoms with Crippen molar-refractivity contribution in [2.24, 2.45) is 0 Å². The highest BCUT2D eigenvalue weighted by Gasteiger charge is 2.20. The Hall–Kier alpha value is -1.81. The molecule has 0 radical (unpaired) electrons. The second-order valence-electron chi connectivity index (χ2n) is 6.76. The minimum atomic E-state index is -0.711. The standard InChI is InChI=1S/C23H34O8/c1-2-5-22-23(24)31-19-21-7-4-3-6-20(21)18-29-15-14-27-11-10-25-8-9-26-12-13-28-16-17-30-22/h2-4,6-7,22H,1,5,8-19H2. The van der Waals surface area contributed by atoms with Gasteiger partial charge in [-0.05, 0) is 11.1 Å². The summed E-state index contributed by atoms with van der Waals surface area (Å²) in [4.78, 5) is 12.5. The van der Waals surface area contributed by atoms with Gasteiger partial charge in [-0.15, -0.1) is 6.58 Å². The summed E-state index contributed by atoms with van der Waals surface area (Å²) in [5, 5.41) is 0. The molecule has 1 aliphatic rings. The van der Waals surface area contributed by atoms with Gasteiger partial charge in [0.15, 0.2) is 6.10 Å². The zero-order valence-corrected chi connectivity index (χ0v) is 18.1. The molecule has 1 aliphatic heterocycles. The van der Waals surface area contributed by atoms with Gasteiger partial charge < -0.3 is 33.2 Å². The van der Waals surface area contributed by atoms with E-state index in [0.29, 0.717) is 72.5 Å². The van der Waals surface area contributed by atoms with Crippen molar-refractivity contribution >= 4 is 5.97 Å². The molecule has 1 heterocycles. The fourth-order valence-electron chi connectivity index (χ4n) is 2.78. The highest BCUT2D eigenvalue weighted by molar-refractivity contribution is 5.74. The molecule has 1 unspecified atom stereocenters. The number of ether oxygens (including phenoxy) is 7. The molecule has 0 spiro atoms. The fourth-order valence-corrected chi connectivity index (χ4v) is 2.78. The van der Waals surface area contributed by atoms with Crippen LogP contribution in [0.5, 0.6) is 0 Å².